The maximum atomic E-state index is 11.6. The number of hydrogen-bond donors (Lipinski definition) is 8. The van der Waals surface area contributed by atoms with Crippen molar-refractivity contribution in [2.45, 2.75) is 87.5 Å². The molecule has 0 saturated carbocycles. The molecule has 29 heavy (non-hydrogen) atoms. The first-order valence-electron chi connectivity index (χ1n) is 10.1. The minimum Gasteiger partial charge on any atom is -0.394 e. The molecule has 12 nitrogen and oxygen atoms in total. The second kappa shape index (κ2) is 10.4. The number of amides is 1. The molecule has 170 valence electrons. The molecule has 11 atom stereocenters. The largest absolute Gasteiger partial charge is 0.394 e. The molecular weight excluding hydrogens is 392 g/mol. The van der Waals surface area contributed by atoms with Crippen LogP contribution in [0.1, 0.15) is 20.3 Å². The van der Waals surface area contributed by atoms with Crippen LogP contribution in [0.3, 0.4) is 0 Å². The van der Waals surface area contributed by atoms with Gasteiger partial charge in [0.25, 0.3) is 0 Å². The SMILES string of the molecule is [2H]N[C@H]1C(OCCC)O[C@H](C(O)[C@@H]2O[C@H](CO)[C@@H](O)[C@H](O)[C@H]2NC(C)=O)[C@@H](O)[C@@H]1O. The van der Waals surface area contributed by atoms with Crippen LogP contribution in [0.15, 0.2) is 0 Å². The van der Waals surface area contributed by atoms with E-state index < -0.39 is 79.7 Å². The summed E-state index contributed by atoms with van der Waals surface area (Å²) in [5, 5.41) is 64.1. The predicted molar refractivity (Wildman–Crippen MR) is 96.3 cm³/mol. The van der Waals surface area contributed by atoms with E-state index in [1.54, 1.807) is 0 Å². The van der Waals surface area contributed by atoms with E-state index >= 15 is 0 Å². The zero-order valence-electron chi connectivity index (χ0n) is 17.3. The summed E-state index contributed by atoms with van der Waals surface area (Å²) in [6, 6.07) is -2.41. The van der Waals surface area contributed by atoms with Crippen LogP contribution in [0.4, 0.5) is 0 Å². The highest BCUT2D eigenvalue weighted by molar-refractivity contribution is 5.73. The average Bonchev–Trinajstić information content (AvgIpc) is 2.71. The minimum atomic E-state index is -1.72. The van der Waals surface area contributed by atoms with Crippen molar-refractivity contribution in [1.82, 2.24) is 5.32 Å². The lowest BCUT2D eigenvalue weighted by Crippen LogP contribution is -2.71. The van der Waals surface area contributed by atoms with Crippen LogP contribution in [0.2, 0.25) is 1.41 Å². The van der Waals surface area contributed by atoms with E-state index in [0.29, 0.717) is 6.42 Å². The normalized spacial score (nSPS) is 44.8. The predicted octanol–water partition coefficient (Wildman–Crippen LogP) is -4.47. The summed E-state index contributed by atoms with van der Waals surface area (Å²) in [5.74, 6) is -0.581. The van der Waals surface area contributed by atoms with E-state index in [-0.39, 0.29) is 6.61 Å². The fourth-order valence-corrected chi connectivity index (χ4v) is 3.57. The molecule has 2 aliphatic heterocycles. The van der Waals surface area contributed by atoms with E-state index in [0.717, 1.165) is 6.92 Å². The zero-order valence-corrected chi connectivity index (χ0v) is 16.3. The van der Waals surface area contributed by atoms with Crippen LogP contribution in [0.25, 0.3) is 0 Å². The molecule has 0 aromatic heterocycles. The molecule has 2 rings (SSSR count). The summed E-state index contributed by atoms with van der Waals surface area (Å²) in [6.45, 7) is 2.53. The lowest BCUT2D eigenvalue weighted by atomic mass is 9.85. The van der Waals surface area contributed by atoms with Crippen molar-refractivity contribution in [3.05, 3.63) is 0 Å². The van der Waals surface area contributed by atoms with Crippen LogP contribution < -0.4 is 11.0 Å². The van der Waals surface area contributed by atoms with Gasteiger partial charge in [-0.2, -0.15) is 0 Å². The van der Waals surface area contributed by atoms with Crippen molar-refractivity contribution < 1.29 is 51.1 Å². The number of nitrogens with one attached hydrogen (secondary N) is 1. The fourth-order valence-electron chi connectivity index (χ4n) is 3.57. The molecule has 0 aromatic rings. The van der Waals surface area contributed by atoms with Gasteiger partial charge in [-0.05, 0) is 6.42 Å². The van der Waals surface area contributed by atoms with Crippen molar-refractivity contribution >= 4 is 5.91 Å². The van der Waals surface area contributed by atoms with Crippen molar-refractivity contribution in [1.29, 1.82) is 0 Å². The average molecular weight is 425 g/mol. The highest BCUT2D eigenvalue weighted by Crippen LogP contribution is 2.30. The second-order valence-electron chi connectivity index (χ2n) is 7.37. The van der Waals surface area contributed by atoms with E-state index in [1.165, 1.54) is 0 Å². The molecule has 9 N–H and O–H groups in total. The Labute approximate surface area is 169 Å². The van der Waals surface area contributed by atoms with Gasteiger partial charge in [-0.15, -0.1) is 0 Å². The van der Waals surface area contributed by atoms with E-state index in [2.05, 4.69) is 11.0 Å². The Hall–Kier alpha value is -0.930. The summed E-state index contributed by atoms with van der Waals surface area (Å²) in [6.07, 6.45) is -12.9. The van der Waals surface area contributed by atoms with Crippen LogP contribution >= 0.6 is 0 Å². The number of aliphatic hydroxyl groups excluding tert-OH is 6. The molecule has 0 aromatic carbocycles. The standard InChI is InChI=1S/C17H32N2O10/c1-3-4-27-17-8(18)11(23)13(25)16(29-17)14(26)15-9(19-6(2)21)12(24)10(22)7(5-20)28-15/h7-17,20,22-26H,3-5,18H2,1-2H3,(H,19,21)/t7-,8-,9-,10-,11-,12-,13+,14?,15-,16+,17?/m1/s1/i/hD. The van der Waals surface area contributed by atoms with Gasteiger partial charge < -0.3 is 55.9 Å². The molecule has 2 unspecified atom stereocenters. The van der Waals surface area contributed by atoms with Crippen molar-refractivity contribution in [3.63, 3.8) is 0 Å². The minimum absolute atomic E-state index is 0.223. The molecule has 0 radical (unpaired) electrons. The summed E-state index contributed by atoms with van der Waals surface area (Å²) >= 11 is 0. The third-order valence-corrected chi connectivity index (χ3v) is 5.13. The van der Waals surface area contributed by atoms with Gasteiger partial charge in [-0.25, -0.2) is 0 Å². The van der Waals surface area contributed by atoms with Gasteiger partial charge in [-0.1, -0.05) is 6.92 Å². The first-order chi connectivity index (χ1) is 14.2. The smallest absolute Gasteiger partial charge is 0.217 e. The molecule has 2 fully saturated rings. The third-order valence-electron chi connectivity index (χ3n) is 5.13. The van der Waals surface area contributed by atoms with Gasteiger partial charge in [-0.3, -0.25) is 4.79 Å². The number of aliphatic hydroxyl groups is 6. The number of rotatable bonds is 8. The Kier molecular flexibility index (Phi) is 8.15. The van der Waals surface area contributed by atoms with Crippen molar-refractivity contribution in [3.8, 4) is 0 Å². The lowest BCUT2D eigenvalue weighted by molar-refractivity contribution is -0.298. The van der Waals surface area contributed by atoms with Gasteiger partial charge in [0.1, 0.15) is 50.2 Å². The summed E-state index contributed by atoms with van der Waals surface area (Å²) in [7, 11) is 0. The van der Waals surface area contributed by atoms with Crippen LogP contribution in [-0.2, 0) is 19.0 Å². The maximum absolute atomic E-state index is 11.6. The highest BCUT2D eigenvalue weighted by Gasteiger charge is 2.53. The Bertz CT molecular complexity index is 561. The monoisotopic (exact) mass is 425 g/mol. The lowest BCUT2D eigenvalue weighted by Gasteiger charge is -2.48. The Morgan fingerprint density at radius 2 is 1.86 bits per heavy atom. The van der Waals surface area contributed by atoms with Gasteiger partial charge in [0, 0.05) is 13.5 Å². The number of carbonyl (C=O) groups is 1. The summed E-state index contributed by atoms with van der Waals surface area (Å²) in [4.78, 5) is 11.6. The van der Waals surface area contributed by atoms with E-state index in [1.807, 2.05) is 6.92 Å². The van der Waals surface area contributed by atoms with Crippen LogP contribution in [0, 0.1) is 0 Å². The van der Waals surface area contributed by atoms with Gasteiger partial charge >= 0.3 is 0 Å². The Morgan fingerprint density at radius 1 is 1.17 bits per heavy atom. The Balaban J connectivity index is 2.28. The summed E-state index contributed by atoms with van der Waals surface area (Å²) in [5.41, 5.74) is 2.06. The molecule has 0 spiro atoms. The number of ether oxygens (including phenoxy) is 3. The van der Waals surface area contributed by atoms with Gasteiger partial charge in [0.2, 0.25) is 5.91 Å². The van der Waals surface area contributed by atoms with E-state index in [4.69, 9.17) is 15.6 Å². The zero-order chi connectivity index (χ0) is 22.6. The molecule has 2 saturated heterocycles. The van der Waals surface area contributed by atoms with Crippen LogP contribution in [-0.4, -0.2) is 117 Å². The number of hydrogen-bond acceptors (Lipinski definition) is 11. The third kappa shape index (κ3) is 5.22. The molecule has 0 aliphatic carbocycles. The van der Waals surface area contributed by atoms with Crippen molar-refractivity contribution in [2.75, 3.05) is 13.2 Å². The first-order valence-corrected chi connectivity index (χ1v) is 9.55. The molecule has 2 aliphatic rings. The second-order valence-corrected chi connectivity index (χ2v) is 7.37. The quantitative estimate of drug-likeness (QED) is 0.186. The van der Waals surface area contributed by atoms with Crippen molar-refractivity contribution in [2.24, 2.45) is 5.73 Å². The highest BCUT2D eigenvalue weighted by atomic mass is 16.7. The van der Waals surface area contributed by atoms with E-state index in [9.17, 15) is 35.4 Å². The Morgan fingerprint density at radius 3 is 2.41 bits per heavy atom. The number of carbonyl (C=O) groups excluding carboxylic acids is 1. The molecule has 1 amide bonds. The fraction of sp³-hybridized carbons (Fsp3) is 0.941. The maximum Gasteiger partial charge on any atom is 0.217 e. The molecule has 12 heteroatoms. The van der Waals surface area contributed by atoms with Gasteiger partial charge in [0.15, 0.2) is 6.29 Å². The molecule has 0 bridgehead atoms. The number of nitrogens with two attached hydrogens (primary N) is 1. The summed E-state index contributed by atoms with van der Waals surface area (Å²) < 4.78 is 23.9. The molecule has 2 heterocycles. The van der Waals surface area contributed by atoms with Crippen LogP contribution in [0.5, 0.6) is 0 Å². The topological polar surface area (TPSA) is 204 Å². The first kappa shape index (κ1) is 22.7. The molecular formula is C17H32N2O10. The van der Waals surface area contributed by atoms with Gasteiger partial charge in [0.05, 0.1) is 18.7 Å².